The molecule has 0 saturated carbocycles. The number of ether oxygens (including phenoxy) is 1. The molecule has 0 bridgehead atoms. The van der Waals surface area contributed by atoms with Crippen LogP contribution < -0.4 is 9.39 Å². The number of amides is 1. The van der Waals surface area contributed by atoms with Crippen molar-refractivity contribution >= 4 is 57.0 Å². The molecule has 0 aromatic heterocycles. The maximum atomic E-state index is 11.1. The Morgan fingerprint density at radius 1 is 1.28 bits per heavy atom. The van der Waals surface area contributed by atoms with Gasteiger partial charge < -0.3 is 19.1 Å². The van der Waals surface area contributed by atoms with Crippen LogP contribution in [0.2, 0.25) is 0 Å². The van der Waals surface area contributed by atoms with Gasteiger partial charge in [0.25, 0.3) is 0 Å². The van der Waals surface area contributed by atoms with E-state index in [1.54, 1.807) is 4.08 Å². The van der Waals surface area contributed by atoms with Gasteiger partial charge in [0.05, 0.1) is 18.9 Å². The minimum Gasteiger partial charge on any atom is -0.442 e. The van der Waals surface area contributed by atoms with Crippen molar-refractivity contribution in [1.82, 2.24) is 5.32 Å². The van der Waals surface area contributed by atoms with Gasteiger partial charge in [0.15, 0.2) is 0 Å². The molecule has 0 saturated heterocycles. The largest absolute Gasteiger partial charge is 0.442 e. The van der Waals surface area contributed by atoms with Crippen molar-refractivity contribution in [3.8, 4) is 0 Å². The molecule has 7 nitrogen and oxygen atoms in total. The quantitative estimate of drug-likeness (QED) is 0.188. The van der Waals surface area contributed by atoms with E-state index in [4.69, 9.17) is 31.0 Å². The van der Waals surface area contributed by atoms with Crippen LogP contribution in [0, 0.1) is 5.41 Å². The maximum Gasteiger partial charge on any atom is 0.407 e. The number of hydrogen-bond acceptors (Lipinski definition) is 8. The van der Waals surface area contributed by atoms with E-state index in [-0.39, 0.29) is 11.7 Å². The lowest BCUT2D eigenvalue weighted by molar-refractivity contribution is 0.164. The van der Waals surface area contributed by atoms with Crippen molar-refractivity contribution < 1.29 is 18.6 Å². The zero-order valence-corrected chi connectivity index (χ0v) is 17.6. The number of benzene rings is 1. The molecule has 0 aliphatic rings. The lowest BCUT2D eigenvalue weighted by atomic mass is 10.3. The minimum absolute atomic E-state index is 0.119. The molecule has 1 aromatic rings. The highest BCUT2D eigenvalue weighted by molar-refractivity contribution is 8.83. The number of carbonyl (C=O) groups excluding carboxylic acids is 1. The normalized spacial score (nSPS) is 11.0. The number of para-hydroxylation sites is 1. The molecule has 0 fully saturated rings. The summed E-state index contributed by atoms with van der Waals surface area (Å²) in [6, 6.07) is 9.49. The Kier molecular flexibility index (Phi) is 10.5. The molecule has 2 N–H and O–H groups in total. The molecule has 1 amide bonds. The molecule has 25 heavy (non-hydrogen) atoms. The Hall–Kier alpha value is -0.770. The van der Waals surface area contributed by atoms with Gasteiger partial charge in [0, 0.05) is 18.0 Å². The van der Waals surface area contributed by atoms with Gasteiger partial charge in [-0.15, -0.1) is 0 Å². The topological polar surface area (TPSA) is 83.9 Å². The molecule has 0 aliphatic heterocycles. The highest BCUT2D eigenvalue weighted by Crippen LogP contribution is 2.59. The summed E-state index contributed by atoms with van der Waals surface area (Å²) in [5.41, 5.74) is 0.824. The zero-order chi connectivity index (χ0) is 18.7. The fourth-order valence-electron chi connectivity index (χ4n) is 1.56. The number of carbonyl (C=O) groups is 1. The maximum absolute atomic E-state index is 11.1. The summed E-state index contributed by atoms with van der Waals surface area (Å²) in [6.45, 7) is 1.68. The minimum atomic E-state index is -2.76. The third kappa shape index (κ3) is 7.55. The monoisotopic (exact) mass is 423 g/mol. The summed E-state index contributed by atoms with van der Waals surface area (Å²) < 4.78 is 18.2. The number of nitrogens with zero attached hydrogens (tertiary/aromatic N) is 1. The van der Waals surface area contributed by atoms with Crippen LogP contribution in [0.4, 0.5) is 10.5 Å². The van der Waals surface area contributed by atoms with Gasteiger partial charge in [0.2, 0.25) is 0 Å². The van der Waals surface area contributed by atoms with Crippen LogP contribution in [0.15, 0.2) is 30.3 Å². The van der Waals surface area contributed by atoms with Gasteiger partial charge in [-0.25, -0.2) is 8.87 Å². The van der Waals surface area contributed by atoms with Crippen molar-refractivity contribution in [3.05, 3.63) is 30.3 Å². The lowest BCUT2D eigenvalue weighted by Crippen LogP contribution is -2.21. The number of nitrogens with one attached hydrogen (secondary N) is 2. The Balaban J connectivity index is 2.87. The van der Waals surface area contributed by atoms with Gasteiger partial charge in [0.1, 0.15) is 11.7 Å². The first-order valence-corrected chi connectivity index (χ1v) is 12.2. The molecule has 140 valence electrons. The van der Waals surface area contributed by atoms with E-state index < -0.39 is 12.7 Å². The lowest BCUT2D eigenvalue weighted by Gasteiger charge is -2.32. The third-order valence-electron chi connectivity index (χ3n) is 2.53. The van der Waals surface area contributed by atoms with E-state index in [0.29, 0.717) is 13.2 Å². The highest BCUT2D eigenvalue weighted by atomic mass is 33.1. The third-order valence-corrected chi connectivity index (χ3v) is 9.05. The van der Waals surface area contributed by atoms with Gasteiger partial charge in [-0.05, 0) is 48.6 Å². The molecular formula is C14H22N3O4PS3. The Bertz CT molecular complexity index is 596. The number of anilines is 1. The summed E-state index contributed by atoms with van der Waals surface area (Å²) in [6.07, 6.45) is -0.580. The highest BCUT2D eigenvalue weighted by Gasteiger charge is 2.30. The average molecular weight is 424 g/mol. The van der Waals surface area contributed by atoms with Gasteiger partial charge in [-0.3, -0.25) is 5.41 Å². The standard InChI is InChI=1S/C14H22N3O4PS3/c1-4-20-22(23,21-5-2)17(12-9-7-6-8-10-12)25-24-13(15)11-19-14(18)16-3/h6-10,15H,4-5,11H2,1-3H3,(H,16,18). The second kappa shape index (κ2) is 11.8. The van der Waals surface area contributed by atoms with Crippen LogP contribution in [0.25, 0.3) is 0 Å². The summed E-state index contributed by atoms with van der Waals surface area (Å²) in [7, 11) is 3.83. The fraction of sp³-hybridized carbons (Fsp3) is 0.429. The van der Waals surface area contributed by atoms with Crippen molar-refractivity contribution in [1.29, 1.82) is 5.41 Å². The molecular weight excluding hydrogens is 401 g/mol. The molecule has 1 rings (SSSR count). The first-order chi connectivity index (χ1) is 12.0. The van der Waals surface area contributed by atoms with Crippen LogP contribution in [0.3, 0.4) is 0 Å². The van der Waals surface area contributed by atoms with Crippen LogP contribution in [0.5, 0.6) is 0 Å². The van der Waals surface area contributed by atoms with E-state index in [0.717, 1.165) is 16.5 Å². The summed E-state index contributed by atoms with van der Waals surface area (Å²) in [5, 5.41) is 10.4. The molecule has 0 radical (unpaired) electrons. The molecule has 0 unspecified atom stereocenters. The average Bonchev–Trinajstić information content (AvgIpc) is 2.61. The Morgan fingerprint density at radius 2 is 1.88 bits per heavy atom. The van der Waals surface area contributed by atoms with Crippen LogP contribution >= 0.6 is 28.4 Å². The van der Waals surface area contributed by atoms with E-state index in [9.17, 15) is 4.79 Å². The van der Waals surface area contributed by atoms with Crippen LogP contribution in [0.1, 0.15) is 13.8 Å². The van der Waals surface area contributed by atoms with E-state index in [1.807, 2.05) is 44.2 Å². The number of hydrogen-bond donors (Lipinski definition) is 2. The first-order valence-electron chi connectivity index (χ1n) is 7.48. The van der Waals surface area contributed by atoms with E-state index >= 15 is 0 Å². The molecule has 1 aromatic carbocycles. The predicted molar refractivity (Wildman–Crippen MR) is 110 cm³/mol. The van der Waals surface area contributed by atoms with Crippen molar-refractivity contribution in [3.63, 3.8) is 0 Å². The summed E-state index contributed by atoms with van der Waals surface area (Å²) in [5.74, 6) is 0. The molecule has 0 spiro atoms. The van der Waals surface area contributed by atoms with E-state index in [2.05, 4.69) is 5.32 Å². The van der Waals surface area contributed by atoms with Gasteiger partial charge in [-0.2, -0.15) is 0 Å². The predicted octanol–water partition coefficient (Wildman–Crippen LogP) is 4.42. The van der Waals surface area contributed by atoms with Crippen LogP contribution in [-0.2, 0) is 25.6 Å². The zero-order valence-electron chi connectivity index (χ0n) is 14.3. The van der Waals surface area contributed by atoms with Crippen LogP contribution in [-0.4, -0.2) is 38.0 Å². The van der Waals surface area contributed by atoms with Crippen molar-refractivity contribution in [2.75, 3.05) is 30.9 Å². The van der Waals surface area contributed by atoms with Crippen molar-refractivity contribution in [2.45, 2.75) is 13.8 Å². The summed E-state index contributed by atoms with van der Waals surface area (Å²) in [4.78, 5) is 11.1. The fourth-order valence-corrected chi connectivity index (χ4v) is 7.56. The second-order valence-corrected chi connectivity index (χ2v) is 9.95. The van der Waals surface area contributed by atoms with Gasteiger partial charge >= 0.3 is 12.7 Å². The smallest absolute Gasteiger partial charge is 0.407 e. The van der Waals surface area contributed by atoms with Gasteiger partial charge in [-0.1, -0.05) is 18.2 Å². The first kappa shape index (κ1) is 22.3. The molecule has 11 heteroatoms. The number of alkyl carbamates (subject to hydrolysis) is 1. The van der Waals surface area contributed by atoms with Crippen molar-refractivity contribution in [2.24, 2.45) is 0 Å². The number of rotatable bonds is 10. The second-order valence-electron chi connectivity index (χ2n) is 4.32. The SMILES string of the molecule is CCOP(=S)(OCC)N(SSC(=N)COC(=O)NC)c1ccccc1. The Labute approximate surface area is 161 Å². The molecule has 0 aliphatic carbocycles. The molecule has 0 heterocycles. The van der Waals surface area contributed by atoms with E-state index in [1.165, 1.54) is 18.0 Å². The Morgan fingerprint density at radius 3 is 2.40 bits per heavy atom. The molecule has 0 atom stereocenters. The summed E-state index contributed by atoms with van der Waals surface area (Å²) >= 11 is 5.67.